The summed E-state index contributed by atoms with van der Waals surface area (Å²) < 4.78 is 34.2. The summed E-state index contributed by atoms with van der Waals surface area (Å²) in [6.45, 7) is 4.99. The van der Waals surface area contributed by atoms with Gasteiger partial charge in [-0.1, -0.05) is 35.9 Å². The highest BCUT2D eigenvalue weighted by Gasteiger charge is 2.37. The molecule has 1 aliphatic rings. The van der Waals surface area contributed by atoms with Crippen molar-refractivity contribution in [3.8, 4) is 5.75 Å². The van der Waals surface area contributed by atoms with Crippen molar-refractivity contribution in [2.75, 3.05) is 16.2 Å². The lowest BCUT2D eigenvalue weighted by Crippen LogP contribution is -2.48. The maximum atomic E-state index is 13.5. The summed E-state index contributed by atoms with van der Waals surface area (Å²) in [6, 6.07) is 18.3. The molecular weight excluding hydrogens is 440 g/mol. The van der Waals surface area contributed by atoms with Gasteiger partial charge >= 0.3 is 0 Å². The van der Waals surface area contributed by atoms with Crippen molar-refractivity contribution in [3.05, 3.63) is 83.4 Å². The van der Waals surface area contributed by atoms with Gasteiger partial charge in [-0.2, -0.15) is 0 Å². The van der Waals surface area contributed by atoms with Crippen LogP contribution in [0.3, 0.4) is 0 Å². The maximum Gasteiger partial charge on any atom is 0.267 e. The molecule has 1 heterocycles. The van der Waals surface area contributed by atoms with Crippen LogP contribution in [0.15, 0.2) is 71.6 Å². The Bertz CT molecular complexity index is 1330. The van der Waals surface area contributed by atoms with E-state index in [0.717, 1.165) is 11.1 Å². The van der Waals surface area contributed by atoms with Crippen LogP contribution < -0.4 is 14.4 Å². The number of anilines is 2. The van der Waals surface area contributed by atoms with Crippen LogP contribution in [-0.2, 0) is 14.8 Å². The van der Waals surface area contributed by atoms with Gasteiger partial charge in [0.15, 0.2) is 11.9 Å². The summed E-state index contributed by atoms with van der Waals surface area (Å²) in [5.74, 6) is -0.328. The molecule has 1 aliphatic heterocycles. The Labute approximate surface area is 193 Å². The second-order valence-electron chi connectivity index (χ2n) is 8.05. The molecule has 8 heteroatoms. The van der Waals surface area contributed by atoms with E-state index < -0.39 is 22.0 Å². The third-order valence-corrected chi connectivity index (χ3v) is 7.22. The monoisotopic (exact) mass is 464 g/mol. The molecule has 1 amide bonds. The molecule has 33 heavy (non-hydrogen) atoms. The largest absolute Gasteiger partial charge is 0.476 e. The number of ether oxygens (including phenoxy) is 1. The van der Waals surface area contributed by atoms with Crippen LogP contribution in [0.4, 0.5) is 11.4 Å². The van der Waals surface area contributed by atoms with Crippen LogP contribution >= 0.6 is 0 Å². The number of carbonyl (C=O) groups is 2. The SMILES string of the molecule is CC(=O)c1cccc(NC(=O)[C@@H]2CN(S(=O)(=O)c3ccc(C)cc3)c3cc(C)ccc3O2)c1. The minimum absolute atomic E-state index is 0.125. The van der Waals surface area contributed by atoms with E-state index in [0.29, 0.717) is 22.7 Å². The first-order valence-electron chi connectivity index (χ1n) is 10.4. The van der Waals surface area contributed by atoms with Crippen molar-refractivity contribution in [1.29, 1.82) is 0 Å². The molecule has 3 aromatic carbocycles. The Morgan fingerprint density at radius 3 is 2.36 bits per heavy atom. The first kappa shape index (κ1) is 22.5. The minimum Gasteiger partial charge on any atom is -0.476 e. The molecule has 0 fully saturated rings. The fourth-order valence-corrected chi connectivity index (χ4v) is 5.07. The van der Waals surface area contributed by atoms with E-state index in [-0.39, 0.29) is 17.2 Å². The number of Topliss-reactive ketones (excluding diaryl/α,β-unsaturated/α-hetero) is 1. The fraction of sp³-hybridized carbons (Fsp3) is 0.200. The number of rotatable bonds is 5. The number of aryl methyl sites for hydroxylation is 2. The molecule has 0 bridgehead atoms. The molecule has 7 nitrogen and oxygen atoms in total. The first-order valence-corrected chi connectivity index (χ1v) is 11.9. The molecular formula is C25H24N2O5S. The van der Waals surface area contributed by atoms with E-state index in [1.807, 2.05) is 13.8 Å². The van der Waals surface area contributed by atoms with Crippen LogP contribution in [0.5, 0.6) is 5.75 Å². The highest BCUT2D eigenvalue weighted by Crippen LogP contribution is 2.38. The zero-order valence-electron chi connectivity index (χ0n) is 18.5. The summed E-state index contributed by atoms with van der Waals surface area (Å²) in [4.78, 5) is 24.8. The quantitative estimate of drug-likeness (QED) is 0.574. The number of fused-ring (bicyclic) bond motifs is 1. The second kappa shape index (κ2) is 8.71. The van der Waals surface area contributed by atoms with Gasteiger partial charge in [0.1, 0.15) is 5.75 Å². The number of amides is 1. The number of hydrogen-bond donors (Lipinski definition) is 1. The van der Waals surface area contributed by atoms with Gasteiger partial charge in [0, 0.05) is 11.3 Å². The summed E-state index contributed by atoms with van der Waals surface area (Å²) in [7, 11) is -3.94. The Morgan fingerprint density at radius 2 is 1.67 bits per heavy atom. The molecule has 0 saturated heterocycles. The van der Waals surface area contributed by atoms with E-state index in [4.69, 9.17) is 4.74 Å². The molecule has 0 spiro atoms. The van der Waals surface area contributed by atoms with Crippen LogP contribution in [0.25, 0.3) is 0 Å². The Balaban J connectivity index is 1.68. The predicted octanol–water partition coefficient (Wildman–Crippen LogP) is 4.10. The Hall–Kier alpha value is -3.65. The van der Waals surface area contributed by atoms with Gasteiger partial charge in [0.2, 0.25) is 0 Å². The standard InChI is InChI=1S/C25H24N2O5S/c1-16-7-10-21(11-8-16)33(30,31)27-15-24(32-23-12-9-17(2)13-22(23)27)25(29)26-20-6-4-5-19(14-20)18(3)28/h4-14,24H,15H2,1-3H3,(H,26,29)/t24-/m0/s1. The number of benzene rings is 3. The molecule has 3 aromatic rings. The third kappa shape index (κ3) is 4.61. The van der Waals surface area contributed by atoms with Gasteiger partial charge in [-0.25, -0.2) is 8.42 Å². The first-order chi connectivity index (χ1) is 15.6. The fourth-order valence-electron chi connectivity index (χ4n) is 3.60. The summed E-state index contributed by atoms with van der Waals surface area (Å²) in [6.07, 6.45) is -1.08. The Morgan fingerprint density at radius 1 is 0.970 bits per heavy atom. The average molecular weight is 465 g/mol. The van der Waals surface area contributed by atoms with Gasteiger partial charge < -0.3 is 10.1 Å². The van der Waals surface area contributed by atoms with Crippen LogP contribution in [0.1, 0.15) is 28.4 Å². The molecule has 0 aliphatic carbocycles. The van der Waals surface area contributed by atoms with Crippen LogP contribution in [0, 0.1) is 13.8 Å². The maximum absolute atomic E-state index is 13.5. The lowest BCUT2D eigenvalue weighted by molar-refractivity contribution is -0.122. The van der Waals surface area contributed by atoms with Crippen molar-refractivity contribution in [3.63, 3.8) is 0 Å². The lowest BCUT2D eigenvalue weighted by atomic mass is 10.1. The number of sulfonamides is 1. The third-order valence-electron chi connectivity index (χ3n) is 5.42. The topological polar surface area (TPSA) is 92.8 Å². The molecule has 0 aromatic heterocycles. The number of ketones is 1. The van der Waals surface area contributed by atoms with Gasteiger partial charge in [0.25, 0.3) is 15.9 Å². The number of nitrogens with zero attached hydrogens (tertiary/aromatic N) is 1. The summed E-state index contributed by atoms with van der Waals surface area (Å²) in [5, 5.41) is 2.73. The predicted molar refractivity (Wildman–Crippen MR) is 126 cm³/mol. The van der Waals surface area contributed by atoms with Crippen molar-refractivity contribution in [2.45, 2.75) is 31.8 Å². The highest BCUT2D eigenvalue weighted by atomic mass is 32.2. The van der Waals surface area contributed by atoms with Crippen molar-refractivity contribution >= 4 is 33.1 Å². The molecule has 0 radical (unpaired) electrons. The van der Waals surface area contributed by atoms with E-state index in [1.165, 1.54) is 11.2 Å². The molecule has 1 atom stereocenters. The number of nitrogens with one attached hydrogen (secondary N) is 1. The van der Waals surface area contributed by atoms with Crippen LogP contribution in [-0.4, -0.2) is 32.8 Å². The smallest absolute Gasteiger partial charge is 0.267 e. The van der Waals surface area contributed by atoms with E-state index in [2.05, 4.69) is 5.32 Å². The average Bonchev–Trinajstić information content (AvgIpc) is 2.78. The molecule has 4 rings (SSSR count). The van der Waals surface area contributed by atoms with Gasteiger partial charge in [0.05, 0.1) is 17.1 Å². The molecule has 170 valence electrons. The van der Waals surface area contributed by atoms with Gasteiger partial charge in [-0.05, 0) is 62.7 Å². The minimum atomic E-state index is -3.94. The Kier molecular flexibility index (Phi) is 5.95. The molecule has 0 saturated carbocycles. The normalized spacial score (nSPS) is 15.4. The second-order valence-corrected chi connectivity index (χ2v) is 9.92. The molecule has 1 N–H and O–H groups in total. The lowest BCUT2D eigenvalue weighted by Gasteiger charge is -2.35. The van der Waals surface area contributed by atoms with Crippen molar-refractivity contribution in [2.24, 2.45) is 0 Å². The van der Waals surface area contributed by atoms with Crippen molar-refractivity contribution < 1.29 is 22.7 Å². The highest BCUT2D eigenvalue weighted by molar-refractivity contribution is 7.92. The van der Waals surface area contributed by atoms with Gasteiger partial charge in [-0.15, -0.1) is 0 Å². The van der Waals surface area contributed by atoms with E-state index in [9.17, 15) is 18.0 Å². The van der Waals surface area contributed by atoms with E-state index in [1.54, 1.807) is 66.7 Å². The zero-order chi connectivity index (χ0) is 23.8. The van der Waals surface area contributed by atoms with Crippen molar-refractivity contribution in [1.82, 2.24) is 0 Å². The van der Waals surface area contributed by atoms with Crippen LogP contribution in [0.2, 0.25) is 0 Å². The molecule has 0 unspecified atom stereocenters. The van der Waals surface area contributed by atoms with E-state index >= 15 is 0 Å². The number of hydrogen-bond acceptors (Lipinski definition) is 5. The zero-order valence-corrected chi connectivity index (χ0v) is 19.3. The number of carbonyl (C=O) groups excluding carboxylic acids is 2. The van der Waals surface area contributed by atoms with Gasteiger partial charge in [-0.3, -0.25) is 13.9 Å². The summed E-state index contributed by atoms with van der Waals surface area (Å²) >= 11 is 0. The summed E-state index contributed by atoms with van der Waals surface area (Å²) in [5.41, 5.74) is 3.08.